The minimum atomic E-state index is -0.310. The number of rotatable bonds is 14. The van der Waals surface area contributed by atoms with E-state index in [-0.39, 0.29) is 5.97 Å². The second kappa shape index (κ2) is 14.2. The number of ether oxygens (including phenoxy) is 1. The second-order valence-electron chi connectivity index (χ2n) is 6.22. The topological polar surface area (TPSA) is 26.3 Å². The lowest BCUT2D eigenvalue weighted by molar-refractivity contribution is -0.137. The SMILES string of the molecule is C=CC(=O)OCCCCCCCCCCCSc1ccc(C)cc1. The van der Waals surface area contributed by atoms with Gasteiger partial charge in [0, 0.05) is 11.0 Å². The molecule has 2 nitrogen and oxygen atoms in total. The number of hydrogen-bond donors (Lipinski definition) is 0. The number of benzene rings is 1. The smallest absolute Gasteiger partial charge is 0.330 e. The van der Waals surface area contributed by atoms with Crippen LogP contribution in [0.25, 0.3) is 0 Å². The second-order valence-corrected chi connectivity index (χ2v) is 7.38. The molecular weight excluding hydrogens is 316 g/mol. The fraction of sp³-hybridized carbons (Fsp3) is 0.571. The van der Waals surface area contributed by atoms with Crippen molar-refractivity contribution in [3.8, 4) is 0 Å². The molecular formula is C21H32O2S. The Morgan fingerprint density at radius 3 is 2.08 bits per heavy atom. The van der Waals surface area contributed by atoms with Crippen LogP contribution in [0.2, 0.25) is 0 Å². The molecule has 3 heteroatoms. The average Bonchev–Trinajstić information content (AvgIpc) is 2.60. The van der Waals surface area contributed by atoms with Crippen LogP contribution in [0.1, 0.15) is 63.4 Å². The number of hydrogen-bond acceptors (Lipinski definition) is 3. The molecule has 1 aromatic carbocycles. The van der Waals surface area contributed by atoms with Gasteiger partial charge in [-0.15, -0.1) is 11.8 Å². The fourth-order valence-electron chi connectivity index (χ4n) is 2.50. The van der Waals surface area contributed by atoms with Crippen LogP contribution in [-0.2, 0) is 9.53 Å². The number of esters is 1. The van der Waals surface area contributed by atoms with Crippen LogP contribution in [0.15, 0.2) is 41.8 Å². The molecule has 134 valence electrons. The largest absolute Gasteiger partial charge is 0.463 e. The first-order valence-corrected chi connectivity index (χ1v) is 10.2. The van der Waals surface area contributed by atoms with E-state index in [2.05, 4.69) is 37.8 Å². The maximum Gasteiger partial charge on any atom is 0.330 e. The number of carbonyl (C=O) groups is 1. The third-order valence-electron chi connectivity index (χ3n) is 3.99. The zero-order chi connectivity index (χ0) is 17.5. The van der Waals surface area contributed by atoms with E-state index < -0.39 is 0 Å². The van der Waals surface area contributed by atoms with Gasteiger partial charge in [0.1, 0.15) is 0 Å². The minimum Gasteiger partial charge on any atom is -0.463 e. The molecule has 0 saturated carbocycles. The first-order valence-electron chi connectivity index (χ1n) is 9.21. The van der Waals surface area contributed by atoms with E-state index in [4.69, 9.17) is 4.74 Å². The molecule has 0 fully saturated rings. The van der Waals surface area contributed by atoms with E-state index >= 15 is 0 Å². The van der Waals surface area contributed by atoms with Gasteiger partial charge in [0.05, 0.1) is 6.61 Å². The van der Waals surface area contributed by atoms with E-state index in [0.717, 1.165) is 12.8 Å². The van der Waals surface area contributed by atoms with E-state index in [1.165, 1.54) is 67.2 Å². The summed E-state index contributed by atoms with van der Waals surface area (Å²) in [5.41, 5.74) is 1.33. The highest BCUT2D eigenvalue weighted by molar-refractivity contribution is 7.99. The van der Waals surface area contributed by atoms with Crippen molar-refractivity contribution in [1.82, 2.24) is 0 Å². The molecule has 1 rings (SSSR count). The molecule has 1 aromatic rings. The molecule has 24 heavy (non-hydrogen) atoms. The molecule has 0 unspecified atom stereocenters. The van der Waals surface area contributed by atoms with Gasteiger partial charge in [0.15, 0.2) is 0 Å². The van der Waals surface area contributed by atoms with E-state index in [0.29, 0.717) is 6.61 Å². The lowest BCUT2D eigenvalue weighted by atomic mass is 10.1. The van der Waals surface area contributed by atoms with Crippen LogP contribution in [0.3, 0.4) is 0 Å². The van der Waals surface area contributed by atoms with Crippen molar-refractivity contribution in [1.29, 1.82) is 0 Å². The molecule has 0 spiro atoms. The van der Waals surface area contributed by atoms with Crippen LogP contribution in [0, 0.1) is 6.92 Å². The Bertz CT molecular complexity index is 453. The quantitative estimate of drug-likeness (QED) is 0.170. The molecule has 0 N–H and O–H groups in total. The van der Waals surface area contributed by atoms with Crippen molar-refractivity contribution >= 4 is 17.7 Å². The highest BCUT2D eigenvalue weighted by Gasteiger charge is 1.97. The van der Waals surface area contributed by atoms with Crippen LogP contribution in [0.4, 0.5) is 0 Å². The van der Waals surface area contributed by atoms with Gasteiger partial charge in [-0.25, -0.2) is 4.79 Å². The normalized spacial score (nSPS) is 10.5. The standard InChI is InChI=1S/C21H32O2S/c1-3-21(22)23-17-11-9-7-5-4-6-8-10-12-18-24-20-15-13-19(2)14-16-20/h3,13-16H,1,4-12,17-18H2,2H3. The van der Waals surface area contributed by atoms with Gasteiger partial charge in [-0.05, 0) is 37.7 Å². The van der Waals surface area contributed by atoms with Crippen molar-refractivity contribution < 1.29 is 9.53 Å². The van der Waals surface area contributed by atoms with Crippen LogP contribution < -0.4 is 0 Å². The third-order valence-corrected chi connectivity index (χ3v) is 5.09. The third kappa shape index (κ3) is 11.3. The molecule has 0 heterocycles. The van der Waals surface area contributed by atoms with Gasteiger partial charge in [0.25, 0.3) is 0 Å². The average molecular weight is 349 g/mol. The monoisotopic (exact) mass is 348 g/mol. The van der Waals surface area contributed by atoms with Gasteiger partial charge >= 0.3 is 5.97 Å². The van der Waals surface area contributed by atoms with Gasteiger partial charge in [-0.3, -0.25) is 0 Å². The fourth-order valence-corrected chi connectivity index (χ4v) is 3.41. The predicted molar refractivity (Wildman–Crippen MR) is 105 cm³/mol. The predicted octanol–water partition coefficient (Wildman–Crippen LogP) is 6.33. The summed E-state index contributed by atoms with van der Waals surface area (Å²) in [4.78, 5) is 12.2. The zero-order valence-corrected chi connectivity index (χ0v) is 15.9. The summed E-state index contributed by atoms with van der Waals surface area (Å²) in [6.07, 6.45) is 12.6. The maximum absolute atomic E-state index is 10.8. The van der Waals surface area contributed by atoms with Crippen molar-refractivity contribution in [2.24, 2.45) is 0 Å². The molecule has 0 bridgehead atoms. The maximum atomic E-state index is 10.8. The first-order chi connectivity index (χ1) is 11.7. The van der Waals surface area contributed by atoms with Crippen molar-refractivity contribution in [3.63, 3.8) is 0 Å². The molecule has 0 radical (unpaired) electrons. The lowest BCUT2D eigenvalue weighted by Gasteiger charge is -2.04. The summed E-state index contributed by atoms with van der Waals surface area (Å²) in [6, 6.07) is 8.81. The molecule has 0 aliphatic heterocycles. The molecule has 0 aliphatic rings. The molecule has 0 atom stereocenters. The Morgan fingerprint density at radius 1 is 0.958 bits per heavy atom. The summed E-state index contributed by atoms with van der Waals surface area (Å²) < 4.78 is 4.95. The molecule has 0 saturated heterocycles. The Hall–Kier alpha value is -1.22. The van der Waals surface area contributed by atoms with Gasteiger partial charge in [0.2, 0.25) is 0 Å². The van der Waals surface area contributed by atoms with Crippen LogP contribution >= 0.6 is 11.8 Å². The summed E-state index contributed by atoms with van der Waals surface area (Å²) in [5, 5.41) is 0. The lowest BCUT2D eigenvalue weighted by Crippen LogP contribution is -2.01. The van der Waals surface area contributed by atoms with Crippen molar-refractivity contribution in [2.75, 3.05) is 12.4 Å². The Morgan fingerprint density at radius 2 is 1.50 bits per heavy atom. The van der Waals surface area contributed by atoms with Gasteiger partial charge < -0.3 is 4.74 Å². The number of thioether (sulfide) groups is 1. The van der Waals surface area contributed by atoms with Gasteiger partial charge in [-0.2, -0.15) is 0 Å². The summed E-state index contributed by atoms with van der Waals surface area (Å²) >= 11 is 1.97. The minimum absolute atomic E-state index is 0.310. The van der Waals surface area contributed by atoms with E-state index in [1.807, 2.05) is 11.8 Å². The zero-order valence-electron chi connectivity index (χ0n) is 15.1. The number of unbranched alkanes of at least 4 members (excludes halogenated alkanes) is 8. The molecule has 0 aliphatic carbocycles. The molecule has 0 aromatic heterocycles. The number of aryl methyl sites for hydroxylation is 1. The Kier molecular flexibility index (Phi) is 12.3. The van der Waals surface area contributed by atoms with Gasteiger partial charge in [-0.1, -0.05) is 69.2 Å². The Labute approximate surface area is 152 Å². The summed E-state index contributed by atoms with van der Waals surface area (Å²) in [7, 11) is 0. The Balaban J connectivity index is 1.80. The van der Waals surface area contributed by atoms with E-state index in [1.54, 1.807) is 0 Å². The van der Waals surface area contributed by atoms with E-state index in [9.17, 15) is 4.79 Å². The van der Waals surface area contributed by atoms with Crippen LogP contribution in [0.5, 0.6) is 0 Å². The summed E-state index contributed by atoms with van der Waals surface area (Å²) in [6.45, 7) is 6.04. The van der Waals surface area contributed by atoms with Crippen molar-refractivity contribution in [3.05, 3.63) is 42.5 Å². The number of carbonyl (C=O) groups excluding carboxylic acids is 1. The highest BCUT2D eigenvalue weighted by atomic mass is 32.2. The van der Waals surface area contributed by atoms with Crippen LogP contribution in [-0.4, -0.2) is 18.3 Å². The van der Waals surface area contributed by atoms with Crippen molar-refractivity contribution in [2.45, 2.75) is 69.6 Å². The first kappa shape index (κ1) is 20.8. The summed E-state index contributed by atoms with van der Waals surface area (Å²) in [5.74, 6) is 0.919. The molecule has 0 amide bonds. The highest BCUT2D eigenvalue weighted by Crippen LogP contribution is 2.20.